The lowest BCUT2D eigenvalue weighted by Crippen LogP contribution is -2.27. The molecule has 0 saturated carbocycles. The van der Waals surface area contributed by atoms with Gasteiger partial charge in [-0.05, 0) is 23.8 Å². The number of hydrogen-bond donors (Lipinski definition) is 2. The van der Waals surface area contributed by atoms with Gasteiger partial charge in [0.2, 0.25) is 5.91 Å². The third kappa shape index (κ3) is 3.29. The summed E-state index contributed by atoms with van der Waals surface area (Å²) in [7, 11) is 1.53. The van der Waals surface area contributed by atoms with Crippen LogP contribution in [0, 0.1) is 0 Å². The van der Waals surface area contributed by atoms with Crippen molar-refractivity contribution in [3.63, 3.8) is 0 Å². The molecule has 0 aromatic heterocycles. The predicted molar refractivity (Wildman–Crippen MR) is 80.0 cm³/mol. The van der Waals surface area contributed by atoms with Gasteiger partial charge >= 0.3 is 0 Å². The van der Waals surface area contributed by atoms with E-state index < -0.39 is 6.04 Å². The number of anilines is 1. The van der Waals surface area contributed by atoms with E-state index in [1.54, 1.807) is 18.2 Å². The van der Waals surface area contributed by atoms with E-state index in [0.717, 1.165) is 5.56 Å². The van der Waals surface area contributed by atoms with Gasteiger partial charge in [0.25, 0.3) is 0 Å². The summed E-state index contributed by atoms with van der Waals surface area (Å²) in [5.41, 5.74) is 7.24. The van der Waals surface area contributed by atoms with Gasteiger partial charge in [0.05, 0.1) is 12.1 Å². The third-order valence-electron chi connectivity index (χ3n) is 2.86. The quantitative estimate of drug-likeness (QED) is 0.910. The highest BCUT2D eigenvalue weighted by Gasteiger charge is 2.15. The van der Waals surface area contributed by atoms with E-state index in [0.29, 0.717) is 16.5 Å². The van der Waals surface area contributed by atoms with Crippen molar-refractivity contribution in [2.75, 3.05) is 12.4 Å². The highest BCUT2D eigenvalue weighted by Crippen LogP contribution is 2.27. The normalized spacial score (nSPS) is 11.8. The van der Waals surface area contributed by atoms with Gasteiger partial charge in [0, 0.05) is 5.69 Å². The second kappa shape index (κ2) is 6.41. The van der Waals surface area contributed by atoms with Gasteiger partial charge in [-0.15, -0.1) is 0 Å². The molecule has 4 nitrogen and oxygen atoms in total. The zero-order valence-electron chi connectivity index (χ0n) is 11.0. The summed E-state index contributed by atoms with van der Waals surface area (Å²) < 4.78 is 5.05. The zero-order chi connectivity index (χ0) is 14.5. The Morgan fingerprint density at radius 1 is 1.25 bits per heavy atom. The molecule has 1 atom stereocenters. The van der Waals surface area contributed by atoms with Crippen LogP contribution in [0.15, 0.2) is 48.5 Å². The van der Waals surface area contributed by atoms with Crippen LogP contribution in [0.1, 0.15) is 11.6 Å². The molecule has 104 valence electrons. The maximum atomic E-state index is 12.1. The summed E-state index contributed by atoms with van der Waals surface area (Å²) in [4.78, 5) is 12.1. The molecule has 2 aromatic rings. The molecule has 1 unspecified atom stereocenters. The summed E-state index contributed by atoms with van der Waals surface area (Å²) in [5.74, 6) is 0.259. The first-order chi connectivity index (χ1) is 9.61. The van der Waals surface area contributed by atoms with Crippen molar-refractivity contribution in [3.05, 3.63) is 59.1 Å². The Morgan fingerprint density at radius 2 is 1.95 bits per heavy atom. The Bertz CT molecular complexity index is 602. The monoisotopic (exact) mass is 290 g/mol. The first-order valence-electron chi connectivity index (χ1n) is 6.06. The molecule has 0 spiro atoms. The molecule has 2 aromatic carbocycles. The minimum atomic E-state index is -0.725. The van der Waals surface area contributed by atoms with Crippen LogP contribution in [-0.4, -0.2) is 13.0 Å². The number of ether oxygens (including phenoxy) is 1. The van der Waals surface area contributed by atoms with Gasteiger partial charge in [-0.1, -0.05) is 41.9 Å². The number of carbonyl (C=O) groups is 1. The number of nitrogens with one attached hydrogen (secondary N) is 1. The van der Waals surface area contributed by atoms with E-state index in [2.05, 4.69) is 5.32 Å². The topological polar surface area (TPSA) is 64.3 Å². The van der Waals surface area contributed by atoms with E-state index in [4.69, 9.17) is 22.1 Å². The van der Waals surface area contributed by atoms with Crippen molar-refractivity contribution in [3.8, 4) is 5.75 Å². The third-order valence-corrected chi connectivity index (χ3v) is 3.16. The van der Waals surface area contributed by atoms with Crippen LogP contribution in [0.5, 0.6) is 5.75 Å². The van der Waals surface area contributed by atoms with Gasteiger partial charge in [0.15, 0.2) is 0 Å². The summed E-state index contributed by atoms with van der Waals surface area (Å²) in [6.45, 7) is 0. The van der Waals surface area contributed by atoms with Crippen LogP contribution in [0.3, 0.4) is 0 Å². The van der Waals surface area contributed by atoms with Crippen LogP contribution < -0.4 is 15.8 Å². The number of benzene rings is 2. The molecule has 0 aliphatic heterocycles. The van der Waals surface area contributed by atoms with Crippen molar-refractivity contribution in [1.29, 1.82) is 0 Å². The fourth-order valence-electron chi connectivity index (χ4n) is 1.78. The number of rotatable bonds is 4. The molecule has 0 aliphatic carbocycles. The van der Waals surface area contributed by atoms with Crippen molar-refractivity contribution >= 4 is 23.2 Å². The van der Waals surface area contributed by atoms with E-state index in [9.17, 15) is 4.79 Å². The number of carbonyl (C=O) groups excluding carboxylic acids is 1. The van der Waals surface area contributed by atoms with Crippen molar-refractivity contribution < 1.29 is 9.53 Å². The van der Waals surface area contributed by atoms with Gasteiger partial charge in [-0.3, -0.25) is 4.79 Å². The fourth-order valence-corrected chi connectivity index (χ4v) is 2.03. The molecule has 0 radical (unpaired) electrons. The molecule has 0 saturated heterocycles. The van der Waals surface area contributed by atoms with Gasteiger partial charge in [0.1, 0.15) is 11.8 Å². The van der Waals surface area contributed by atoms with Gasteiger partial charge < -0.3 is 15.8 Å². The minimum absolute atomic E-state index is 0.294. The van der Waals surface area contributed by atoms with Crippen LogP contribution in [0.4, 0.5) is 5.69 Å². The van der Waals surface area contributed by atoms with Crippen LogP contribution >= 0.6 is 11.6 Å². The van der Waals surface area contributed by atoms with E-state index >= 15 is 0 Å². The molecular formula is C15H15ClN2O2. The Kier molecular flexibility index (Phi) is 4.61. The lowest BCUT2D eigenvalue weighted by Gasteiger charge is -2.13. The molecule has 0 bridgehead atoms. The molecule has 0 aliphatic rings. The highest BCUT2D eigenvalue weighted by molar-refractivity contribution is 6.32. The number of hydrogen-bond acceptors (Lipinski definition) is 3. The molecule has 2 rings (SSSR count). The smallest absolute Gasteiger partial charge is 0.245 e. The Balaban J connectivity index is 2.10. The first-order valence-corrected chi connectivity index (χ1v) is 6.44. The summed E-state index contributed by atoms with van der Waals surface area (Å²) in [5, 5.41) is 3.16. The molecule has 3 N–H and O–H groups in total. The Morgan fingerprint density at radius 3 is 2.55 bits per heavy atom. The maximum Gasteiger partial charge on any atom is 0.245 e. The zero-order valence-corrected chi connectivity index (χ0v) is 11.7. The number of halogens is 1. The summed E-state index contributed by atoms with van der Waals surface area (Å²) in [6.07, 6.45) is 0. The second-order valence-corrected chi connectivity index (χ2v) is 4.63. The number of nitrogens with two attached hydrogens (primary N) is 1. The van der Waals surface area contributed by atoms with Crippen LogP contribution in [-0.2, 0) is 4.79 Å². The average Bonchev–Trinajstić information content (AvgIpc) is 2.47. The average molecular weight is 291 g/mol. The molecule has 0 fully saturated rings. The molecule has 5 heteroatoms. The lowest BCUT2D eigenvalue weighted by molar-refractivity contribution is -0.117. The Labute approximate surface area is 122 Å². The molecule has 0 heterocycles. The number of methoxy groups -OCH3 is 1. The lowest BCUT2D eigenvalue weighted by atomic mass is 10.1. The molecule has 20 heavy (non-hydrogen) atoms. The van der Waals surface area contributed by atoms with E-state index in [1.165, 1.54) is 7.11 Å². The first kappa shape index (κ1) is 14.4. The fraction of sp³-hybridized carbons (Fsp3) is 0.133. The minimum Gasteiger partial charge on any atom is -0.495 e. The van der Waals surface area contributed by atoms with E-state index in [-0.39, 0.29) is 5.91 Å². The highest BCUT2D eigenvalue weighted by atomic mass is 35.5. The van der Waals surface area contributed by atoms with Crippen LogP contribution in [0.2, 0.25) is 5.02 Å². The van der Waals surface area contributed by atoms with E-state index in [1.807, 2.05) is 30.3 Å². The summed E-state index contributed by atoms with van der Waals surface area (Å²) >= 11 is 6.00. The van der Waals surface area contributed by atoms with Gasteiger partial charge in [-0.25, -0.2) is 0 Å². The van der Waals surface area contributed by atoms with Gasteiger partial charge in [-0.2, -0.15) is 0 Å². The van der Waals surface area contributed by atoms with Crippen molar-refractivity contribution in [2.45, 2.75) is 6.04 Å². The predicted octanol–water partition coefficient (Wildman–Crippen LogP) is 2.99. The van der Waals surface area contributed by atoms with Crippen LogP contribution in [0.25, 0.3) is 0 Å². The molecule has 1 amide bonds. The SMILES string of the molecule is COc1ccc(NC(=O)C(N)c2ccccc2)cc1Cl. The van der Waals surface area contributed by atoms with Crippen molar-refractivity contribution in [1.82, 2.24) is 0 Å². The standard InChI is InChI=1S/C15H15ClN2O2/c1-20-13-8-7-11(9-12(13)16)18-15(19)14(17)10-5-3-2-4-6-10/h2-9,14H,17H2,1H3,(H,18,19). The van der Waals surface area contributed by atoms with Crippen molar-refractivity contribution in [2.24, 2.45) is 5.73 Å². The largest absolute Gasteiger partial charge is 0.495 e. The summed E-state index contributed by atoms with van der Waals surface area (Å²) in [6, 6.07) is 13.5. The Hall–Kier alpha value is -2.04. The number of amides is 1. The second-order valence-electron chi connectivity index (χ2n) is 4.23. The maximum absolute atomic E-state index is 12.1. The molecular weight excluding hydrogens is 276 g/mol.